The van der Waals surface area contributed by atoms with Crippen molar-refractivity contribution in [1.29, 1.82) is 0 Å². The van der Waals surface area contributed by atoms with Gasteiger partial charge in [-0.2, -0.15) is 5.01 Å². The Morgan fingerprint density at radius 2 is 1.92 bits per heavy atom. The van der Waals surface area contributed by atoms with E-state index in [1.807, 2.05) is 18.2 Å². The first-order chi connectivity index (χ1) is 12.5. The average molecular weight is 388 g/mol. The molecule has 0 radical (unpaired) electrons. The zero-order valence-corrected chi connectivity index (χ0v) is 15.2. The third-order valence-corrected chi connectivity index (χ3v) is 4.84. The van der Waals surface area contributed by atoms with E-state index in [1.165, 1.54) is 24.3 Å². The third kappa shape index (κ3) is 3.76. The van der Waals surface area contributed by atoms with Crippen LogP contribution in [0.5, 0.6) is 5.75 Å². The molecule has 8 heteroatoms. The largest absolute Gasteiger partial charge is 0.496 e. The molecule has 5 nitrogen and oxygen atoms in total. The Labute approximate surface area is 158 Å². The molecule has 3 rings (SSSR count). The van der Waals surface area contributed by atoms with Crippen LogP contribution in [-0.2, 0) is 4.79 Å². The van der Waals surface area contributed by atoms with Crippen LogP contribution in [0, 0.1) is 5.82 Å². The number of ether oxygens (including phenoxy) is 1. The SMILES string of the molecule is COc1ccccc1C=C1SC(=S)N(NC(=O)c2ccc(F)cc2)C1=O. The summed E-state index contributed by atoms with van der Waals surface area (Å²) in [6.45, 7) is 0. The number of amides is 2. The van der Waals surface area contributed by atoms with Crippen molar-refractivity contribution in [2.75, 3.05) is 7.11 Å². The lowest BCUT2D eigenvalue weighted by molar-refractivity contribution is -0.123. The van der Waals surface area contributed by atoms with Crippen molar-refractivity contribution in [2.45, 2.75) is 0 Å². The second-order valence-corrected chi connectivity index (χ2v) is 6.88. The fourth-order valence-electron chi connectivity index (χ4n) is 2.26. The minimum Gasteiger partial charge on any atom is -0.496 e. The molecule has 2 amide bonds. The number of hydrazine groups is 1. The van der Waals surface area contributed by atoms with Gasteiger partial charge in [-0.3, -0.25) is 15.0 Å². The van der Waals surface area contributed by atoms with Crippen LogP contribution in [0.15, 0.2) is 53.4 Å². The summed E-state index contributed by atoms with van der Waals surface area (Å²) in [6.07, 6.45) is 1.65. The highest BCUT2D eigenvalue weighted by atomic mass is 32.2. The molecule has 1 N–H and O–H groups in total. The lowest BCUT2D eigenvalue weighted by atomic mass is 10.2. The summed E-state index contributed by atoms with van der Waals surface area (Å²) in [5.74, 6) is -0.832. The average Bonchev–Trinajstić information content (AvgIpc) is 2.90. The first-order valence-corrected chi connectivity index (χ1v) is 8.69. The lowest BCUT2D eigenvalue weighted by Crippen LogP contribution is -2.44. The number of hydrogen-bond acceptors (Lipinski definition) is 5. The molecule has 2 aromatic carbocycles. The van der Waals surface area contributed by atoms with Gasteiger partial charge < -0.3 is 4.74 Å². The number of benzene rings is 2. The maximum atomic E-state index is 13.0. The smallest absolute Gasteiger partial charge is 0.285 e. The molecule has 26 heavy (non-hydrogen) atoms. The molecule has 1 heterocycles. The third-order valence-electron chi connectivity index (χ3n) is 3.54. The quantitative estimate of drug-likeness (QED) is 0.643. The van der Waals surface area contributed by atoms with Crippen LogP contribution in [0.25, 0.3) is 6.08 Å². The fourth-order valence-corrected chi connectivity index (χ4v) is 3.43. The van der Waals surface area contributed by atoms with Gasteiger partial charge >= 0.3 is 0 Å². The van der Waals surface area contributed by atoms with Gasteiger partial charge in [-0.15, -0.1) is 0 Å². The highest BCUT2D eigenvalue weighted by molar-refractivity contribution is 8.26. The number of methoxy groups -OCH3 is 1. The van der Waals surface area contributed by atoms with Crippen molar-refractivity contribution < 1.29 is 18.7 Å². The van der Waals surface area contributed by atoms with E-state index >= 15 is 0 Å². The van der Waals surface area contributed by atoms with Gasteiger partial charge in [0.05, 0.1) is 12.0 Å². The van der Waals surface area contributed by atoms with Crippen molar-refractivity contribution in [3.63, 3.8) is 0 Å². The first kappa shape index (κ1) is 18.1. The molecule has 0 spiro atoms. The molecular formula is C18H13FN2O3S2. The van der Waals surface area contributed by atoms with E-state index in [0.717, 1.165) is 22.3 Å². The minimum atomic E-state index is -0.556. The van der Waals surface area contributed by atoms with E-state index in [1.54, 1.807) is 19.3 Å². The second kappa shape index (κ2) is 7.67. The Hall–Kier alpha value is -2.71. The van der Waals surface area contributed by atoms with E-state index in [-0.39, 0.29) is 9.88 Å². The highest BCUT2D eigenvalue weighted by Crippen LogP contribution is 2.33. The summed E-state index contributed by atoms with van der Waals surface area (Å²) in [6, 6.07) is 12.2. The molecule has 0 atom stereocenters. The molecule has 2 aromatic rings. The van der Waals surface area contributed by atoms with E-state index in [2.05, 4.69) is 5.43 Å². The van der Waals surface area contributed by atoms with Crippen LogP contribution in [0.3, 0.4) is 0 Å². The van der Waals surface area contributed by atoms with Gasteiger partial charge in [0.25, 0.3) is 11.8 Å². The second-order valence-electron chi connectivity index (χ2n) is 5.21. The molecule has 1 saturated heterocycles. The van der Waals surface area contributed by atoms with Crippen LogP contribution in [-0.4, -0.2) is 28.3 Å². The van der Waals surface area contributed by atoms with Gasteiger partial charge in [-0.1, -0.05) is 30.0 Å². The number of halogens is 1. The molecule has 0 aliphatic carbocycles. The minimum absolute atomic E-state index is 0.201. The predicted octanol–water partition coefficient (Wildman–Crippen LogP) is 3.38. The number of rotatable bonds is 4. The molecular weight excluding hydrogens is 375 g/mol. The number of para-hydroxylation sites is 1. The molecule has 1 aliphatic rings. The van der Waals surface area contributed by atoms with Crippen LogP contribution >= 0.6 is 24.0 Å². The number of carbonyl (C=O) groups excluding carboxylic acids is 2. The van der Waals surface area contributed by atoms with E-state index in [0.29, 0.717) is 10.7 Å². The van der Waals surface area contributed by atoms with Crippen molar-refractivity contribution in [1.82, 2.24) is 10.4 Å². The molecule has 1 fully saturated rings. The fraction of sp³-hybridized carbons (Fsp3) is 0.0556. The van der Waals surface area contributed by atoms with Crippen LogP contribution in [0.4, 0.5) is 4.39 Å². The first-order valence-electron chi connectivity index (χ1n) is 7.47. The predicted molar refractivity (Wildman–Crippen MR) is 102 cm³/mol. The van der Waals surface area contributed by atoms with Gasteiger partial charge in [0.1, 0.15) is 11.6 Å². The summed E-state index contributed by atoms with van der Waals surface area (Å²) in [5.41, 5.74) is 3.39. The summed E-state index contributed by atoms with van der Waals surface area (Å²) >= 11 is 6.26. The number of thiocarbonyl (C=S) groups is 1. The number of hydrogen-bond donors (Lipinski definition) is 1. The highest BCUT2D eigenvalue weighted by Gasteiger charge is 2.34. The summed E-state index contributed by atoms with van der Waals surface area (Å²) in [5, 5.41) is 1.01. The van der Waals surface area contributed by atoms with Crippen molar-refractivity contribution >= 4 is 46.2 Å². The van der Waals surface area contributed by atoms with E-state index in [4.69, 9.17) is 17.0 Å². The Morgan fingerprint density at radius 3 is 2.62 bits per heavy atom. The molecule has 0 unspecified atom stereocenters. The van der Waals surface area contributed by atoms with Gasteiger partial charge in [0, 0.05) is 11.1 Å². The molecule has 1 aliphatic heterocycles. The molecule has 0 saturated carbocycles. The summed E-state index contributed by atoms with van der Waals surface area (Å²) in [4.78, 5) is 25.2. The van der Waals surface area contributed by atoms with Gasteiger partial charge in [0.15, 0.2) is 4.32 Å². The number of nitrogens with zero attached hydrogens (tertiary/aromatic N) is 1. The molecule has 0 bridgehead atoms. The monoisotopic (exact) mass is 388 g/mol. The van der Waals surface area contributed by atoms with Gasteiger partial charge in [-0.25, -0.2) is 4.39 Å². The number of thioether (sulfide) groups is 1. The lowest BCUT2D eigenvalue weighted by Gasteiger charge is -2.15. The van der Waals surface area contributed by atoms with Crippen LogP contribution < -0.4 is 10.2 Å². The van der Waals surface area contributed by atoms with Gasteiger partial charge in [0.2, 0.25) is 0 Å². The summed E-state index contributed by atoms with van der Waals surface area (Å²) < 4.78 is 18.4. The maximum Gasteiger partial charge on any atom is 0.285 e. The zero-order valence-electron chi connectivity index (χ0n) is 13.6. The summed E-state index contributed by atoms with van der Waals surface area (Å²) in [7, 11) is 1.54. The van der Waals surface area contributed by atoms with E-state index < -0.39 is 17.6 Å². The van der Waals surface area contributed by atoms with Crippen LogP contribution in [0.2, 0.25) is 0 Å². The van der Waals surface area contributed by atoms with Crippen molar-refractivity contribution in [2.24, 2.45) is 0 Å². The topological polar surface area (TPSA) is 58.6 Å². The van der Waals surface area contributed by atoms with Gasteiger partial charge in [-0.05, 0) is 48.6 Å². The number of carbonyl (C=O) groups is 2. The molecule has 132 valence electrons. The Morgan fingerprint density at radius 1 is 1.23 bits per heavy atom. The van der Waals surface area contributed by atoms with Crippen molar-refractivity contribution in [3.8, 4) is 5.75 Å². The standard InChI is InChI=1S/C18H13FN2O3S2/c1-24-14-5-3-2-4-12(14)10-15-17(23)21(18(25)26-15)20-16(22)11-6-8-13(19)9-7-11/h2-10H,1H3,(H,20,22). The maximum absolute atomic E-state index is 13.0. The Balaban J connectivity index is 1.79. The number of nitrogens with one attached hydrogen (secondary N) is 1. The normalized spacial score (nSPS) is 15.5. The van der Waals surface area contributed by atoms with Crippen molar-refractivity contribution in [3.05, 3.63) is 70.4 Å². The van der Waals surface area contributed by atoms with Crippen LogP contribution in [0.1, 0.15) is 15.9 Å². The molecule has 0 aromatic heterocycles. The Bertz CT molecular complexity index is 913. The Kier molecular flexibility index (Phi) is 5.34. The van der Waals surface area contributed by atoms with E-state index in [9.17, 15) is 14.0 Å². The zero-order chi connectivity index (χ0) is 18.7.